The van der Waals surface area contributed by atoms with E-state index in [-0.39, 0.29) is 0 Å². The van der Waals surface area contributed by atoms with Crippen LogP contribution in [0.1, 0.15) is 23.9 Å². The predicted octanol–water partition coefficient (Wildman–Crippen LogP) is 2.73. The van der Waals surface area contributed by atoms with E-state index in [0.717, 1.165) is 42.6 Å². The SMILES string of the molecule is CCN(Cc1ccc2c(c1)OCO2)Cc1cc(C)on1. The van der Waals surface area contributed by atoms with Gasteiger partial charge in [0.2, 0.25) is 6.79 Å². The Morgan fingerprint density at radius 1 is 1.15 bits per heavy atom. The number of aromatic nitrogens is 1. The highest BCUT2D eigenvalue weighted by Crippen LogP contribution is 2.32. The Kier molecular flexibility index (Phi) is 3.60. The first-order valence-corrected chi connectivity index (χ1v) is 6.77. The summed E-state index contributed by atoms with van der Waals surface area (Å²) < 4.78 is 15.8. The van der Waals surface area contributed by atoms with E-state index in [9.17, 15) is 0 Å². The van der Waals surface area contributed by atoms with E-state index >= 15 is 0 Å². The van der Waals surface area contributed by atoms with Gasteiger partial charge in [0.25, 0.3) is 0 Å². The standard InChI is InChI=1S/C15H18N2O3/c1-3-17(9-13-6-11(2)20-16-13)8-12-4-5-14-15(7-12)19-10-18-14/h4-7H,3,8-10H2,1-2H3. The van der Waals surface area contributed by atoms with Crippen LogP contribution in [0.5, 0.6) is 11.5 Å². The number of hydrogen-bond acceptors (Lipinski definition) is 5. The molecule has 0 atom stereocenters. The van der Waals surface area contributed by atoms with Gasteiger partial charge in [0, 0.05) is 19.2 Å². The van der Waals surface area contributed by atoms with Crippen LogP contribution in [-0.2, 0) is 13.1 Å². The summed E-state index contributed by atoms with van der Waals surface area (Å²) in [5.41, 5.74) is 2.17. The van der Waals surface area contributed by atoms with Crippen molar-refractivity contribution in [2.24, 2.45) is 0 Å². The molecule has 106 valence electrons. The molecule has 0 bridgehead atoms. The molecular weight excluding hydrogens is 256 g/mol. The second kappa shape index (κ2) is 5.54. The van der Waals surface area contributed by atoms with Crippen molar-refractivity contribution in [1.29, 1.82) is 0 Å². The summed E-state index contributed by atoms with van der Waals surface area (Å²) in [7, 11) is 0. The van der Waals surface area contributed by atoms with E-state index in [4.69, 9.17) is 14.0 Å². The molecule has 0 amide bonds. The maximum Gasteiger partial charge on any atom is 0.231 e. The smallest absolute Gasteiger partial charge is 0.231 e. The number of rotatable bonds is 5. The number of ether oxygens (including phenoxy) is 2. The number of aryl methyl sites for hydroxylation is 1. The highest BCUT2D eigenvalue weighted by atomic mass is 16.7. The van der Waals surface area contributed by atoms with Gasteiger partial charge in [-0.3, -0.25) is 4.90 Å². The fraction of sp³-hybridized carbons (Fsp3) is 0.400. The predicted molar refractivity (Wildman–Crippen MR) is 73.6 cm³/mol. The molecule has 1 aromatic carbocycles. The van der Waals surface area contributed by atoms with Gasteiger partial charge in [-0.15, -0.1) is 0 Å². The first-order valence-electron chi connectivity index (χ1n) is 6.77. The van der Waals surface area contributed by atoms with Gasteiger partial charge in [-0.05, 0) is 31.2 Å². The van der Waals surface area contributed by atoms with E-state index in [1.165, 1.54) is 5.56 Å². The van der Waals surface area contributed by atoms with Crippen LogP contribution in [0, 0.1) is 6.92 Å². The van der Waals surface area contributed by atoms with Crippen molar-refractivity contribution in [2.75, 3.05) is 13.3 Å². The summed E-state index contributed by atoms with van der Waals surface area (Å²) >= 11 is 0. The third-order valence-corrected chi connectivity index (χ3v) is 3.35. The Morgan fingerprint density at radius 2 is 2.00 bits per heavy atom. The van der Waals surface area contributed by atoms with Gasteiger partial charge in [0.15, 0.2) is 11.5 Å². The second-order valence-corrected chi connectivity index (χ2v) is 4.92. The van der Waals surface area contributed by atoms with E-state index in [1.807, 2.05) is 25.1 Å². The normalized spacial score (nSPS) is 13.2. The molecule has 0 N–H and O–H groups in total. The molecule has 0 saturated carbocycles. The number of fused-ring (bicyclic) bond motifs is 1. The summed E-state index contributed by atoms with van der Waals surface area (Å²) in [5.74, 6) is 2.50. The van der Waals surface area contributed by atoms with Crippen molar-refractivity contribution in [3.8, 4) is 11.5 Å². The van der Waals surface area contributed by atoms with E-state index in [1.54, 1.807) is 0 Å². The van der Waals surface area contributed by atoms with Crippen LogP contribution in [0.15, 0.2) is 28.8 Å². The third-order valence-electron chi connectivity index (χ3n) is 3.35. The molecule has 2 aromatic rings. The molecular formula is C15H18N2O3. The first kappa shape index (κ1) is 13.0. The highest BCUT2D eigenvalue weighted by Gasteiger charge is 2.15. The van der Waals surface area contributed by atoms with Crippen molar-refractivity contribution in [3.63, 3.8) is 0 Å². The monoisotopic (exact) mass is 274 g/mol. The van der Waals surface area contributed by atoms with Gasteiger partial charge < -0.3 is 14.0 Å². The molecule has 5 nitrogen and oxygen atoms in total. The van der Waals surface area contributed by atoms with Crippen LogP contribution < -0.4 is 9.47 Å². The summed E-state index contributed by atoms with van der Waals surface area (Å²) in [5, 5.41) is 4.04. The lowest BCUT2D eigenvalue weighted by Crippen LogP contribution is -2.22. The zero-order valence-electron chi connectivity index (χ0n) is 11.8. The van der Waals surface area contributed by atoms with E-state index in [0.29, 0.717) is 6.79 Å². The van der Waals surface area contributed by atoms with E-state index < -0.39 is 0 Å². The fourth-order valence-electron chi connectivity index (χ4n) is 2.30. The molecule has 0 unspecified atom stereocenters. The molecule has 1 aromatic heterocycles. The highest BCUT2D eigenvalue weighted by molar-refractivity contribution is 5.44. The van der Waals surface area contributed by atoms with Gasteiger partial charge >= 0.3 is 0 Å². The molecule has 3 rings (SSSR count). The summed E-state index contributed by atoms with van der Waals surface area (Å²) in [6.07, 6.45) is 0. The van der Waals surface area contributed by atoms with Gasteiger partial charge in [-0.2, -0.15) is 0 Å². The zero-order valence-corrected chi connectivity index (χ0v) is 11.8. The maximum atomic E-state index is 5.41. The largest absolute Gasteiger partial charge is 0.454 e. The first-order chi connectivity index (χ1) is 9.74. The topological polar surface area (TPSA) is 47.7 Å². The van der Waals surface area contributed by atoms with Crippen molar-refractivity contribution >= 4 is 0 Å². The Balaban J connectivity index is 1.68. The average molecular weight is 274 g/mol. The molecule has 0 radical (unpaired) electrons. The molecule has 0 saturated heterocycles. The van der Waals surface area contributed by atoms with Crippen LogP contribution in [-0.4, -0.2) is 23.4 Å². The van der Waals surface area contributed by atoms with Crippen molar-refractivity contribution in [1.82, 2.24) is 10.1 Å². The van der Waals surface area contributed by atoms with Gasteiger partial charge in [-0.25, -0.2) is 0 Å². The lowest BCUT2D eigenvalue weighted by Gasteiger charge is -2.19. The minimum absolute atomic E-state index is 0.314. The van der Waals surface area contributed by atoms with Crippen LogP contribution in [0.3, 0.4) is 0 Å². The van der Waals surface area contributed by atoms with Gasteiger partial charge in [-0.1, -0.05) is 18.1 Å². The Hall–Kier alpha value is -2.01. The van der Waals surface area contributed by atoms with Crippen molar-refractivity contribution in [3.05, 3.63) is 41.3 Å². The summed E-state index contributed by atoms with van der Waals surface area (Å²) in [4.78, 5) is 2.30. The zero-order chi connectivity index (χ0) is 13.9. The van der Waals surface area contributed by atoms with Crippen molar-refractivity contribution in [2.45, 2.75) is 26.9 Å². The van der Waals surface area contributed by atoms with Crippen molar-refractivity contribution < 1.29 is 14.0 Å². The molecule has 1 aliphatic rings. The lowest BCUT2D eigenvalue weighted by molar-refractivity contribution is 0.174. The molecule has 1 aliphatic heterocycles. The average Bonchev–Trinajstić information content (AvgIpc) is 3.06. The second-order valence-electron chi connectivity index (χ2n) is 4.92. The minimum atomic E-state index is 0.314. The molecule has 0 spiro atoms. The minimum Gasteiger partial charge on any atom is -0.454 e. The quantitative estimate of drug-likeness (QED) is 0.839. The fourth-order valence-corrected chi connectivity index (χ4v) is 2.30. The Labute approximate surface area is 118 Å². The number of hydrogen-bond donors (Lipinski definition) is 0. The maximum absolute atomic E-state index is 5.41. The molecule has 0 aliphatic carbocycles. The van der Waals surface area contributed by atoms with Gasteiger partial charge in [0.1, 0.15) is 5.76 Å². The van der Waals surface area contributed by atoms with Crippen LogP contribution in [0.2, 0.25) is 0 Å². The third kappa shape index (κ3) is 2.77. The van der Waals surface area contributed by atoms with Gasteiger partial charge in [0.05, 0.1) is 5.69 Å². The molecule has 0 fully saturated rings. The van der Waals surface area contributed by atoms with Crippen LogP contribution in [0.25, 0.3) is 0 Å². The van der Waals surface area contributed by atoms with Crippen LogP contribution >= 0.6 is 0 Å². The number of benzene rings is 1. The summed E-state index contributed by atoms with van der Waals surface area (Å²) in [6, 6.07) is 8.05. The Bertz CT molecular complexity index is 595. The van der Waals surface area contributed by atoms with Crippen LogP contribution in [0.4, 0.5) is 0 Å². The summed E-state index contributed by atoms with van der Waals surface area (Å²) in [6.45, 7) is 6.93. The van der Waals surface area contributed by atoms with E-state index in [2.05, 4.69) is 23.0 Å². The molecule has 2 heterocycles. The molecule has 20 heavy (non-hydrogen) atoms. The molecule has 5 heteroatoms. The Morgan fingerprint density at radius 3 is 2.75 bits per heavy atom. The number of nitrogens with zero attached hydrogens (tertiary/aromatic N) is 2. The lowest BCUT2D eigenvalue weighted by atomic mass is 10.2.